The number of halogens is 1. The van der Waals surface area contributed by atoms with Crippen molar-refractivity contribution in [3.05, 3.63) is 83.2 Å². The maximum Gasteiger partial charge on any atom is 0.151 e. The van der Waals surface area contributed by atoms with Crippen LogP contribution in [0.1, 0.15) is 16.7 Å². The SMILES string of the molecule is Cc1ccc(C(=N)c2cc(NS(=O)c3ccccc3S(C)=O)ccc2N)cc1F. The van der Waals surface area contributed by atoms with E-state index in [4.69, 9.17) is 11.1 Å². The largest absolute Gasteiger partial charge is 0.398 e. The monoisotopic (exact) mass is 429 g/mol. The van der Waals surface area contributed by atoms with Crippen LogP contribution in [0.5, 0.6) is 0 Å². The molecule has 3 aromatic carbocycles. The Morgan fingerprint density at radius 2 is 1.72 bits per heavy atom. The van der Waals surface area contributed by atoms with E-state index in [1.54, 1.807) is 61.5 Å². The molecule has 0 saturated heterocycles. The molecule has 0 aliphatic carbocycles. The molecule has 3 rings (SSSR count). The first-order valence-corrected chi connectivity index (χ1v) is 11.3. The first-order chi connectivity index (χ1) is 13.8. The van der Waals surface area contributed by atoms with Crippen molar-refractivity contribution in [2.75, 3.05) is 16.7 Å². The number of nitrogens with one attached hydrogen (secondary N) is 2. The Morgan fingerprint density at radius 3 is 2.38 bits per heavy atom. The minimum absolute atomic E-state index is 0.0610. The average molecular weight is 430 g/mol. The summed E-state index contributed by atoms with van der Waals surface area (Å²) in [5, 5.41) is 8.42. The molecule has 2 atom stereocenters. The van der Waals surface area contributed by atoms with Crippen molar-refractivity contribution < 1.29 is 12.8 Å². The van der Waals surface area contributed by atoms with Crippen LogP contribution in [-0.4, -0.2) is 20.4 Å². The summed E-state index contributed by atoms with van der Waals surface area (Å²) in [7, 11) is -2.95. The van der Waals surface area contributed by atoms with Gasteiger partial charge < -0.3 is 10.5 Å². The molecular formula is C21H20FN3O2S2. The molecule has 0 aliphatic heterocycles. The number of rotatable bonds is 6. The highest BCUT2D eigenvalue weighted by Gasteiger charge is 2.15. The highest BCUT2D eigenvalue weighted by Crippen LogP contribution is 2.24. The summed E-state index contributed by atoms with van der Waals surface area (Å²) in [5.74, 6) is -0.398. The van der Waals surface area contributed by atoms with Crippen LogP contribution in [-0.2, 0) is 21.8 Å². The van der Waals surface area contributed by atoms with Crippen LogP contribution in [0.2, 0.25) is 0 Å². The van der Waals surface area contributed by atoms with Gasteiger partial charge in [0.05, 0.1) is 26.3 Å². The topological polar surface area (TPSA) is 96.0 Å². The second-order valence-electron chi connectivity index (χ2n) is 6.41. The van der Waals surface area contributed by atoms with E-state index in [0.29, 0.717) is 37.9 Å². The van der Waals surface area contributed by atoms with E-state index in [1.165, 1.54) is 12.3 Å². The van der Waals surface area contributed by atoms with Gasteiger partial charge in [-0.05, 0) is 48.9 Å². The minimum atomic E-state index is -1.66. The summed E-state index contributed by atoms with van der Waals surface area (Å²) in [5.41, 5.74) is 8.18. The fraction of sp³-hybridized carbons (Fsp3) is 0.0952. The van der Waals surface area contributed by atoms with Gasteiger partial charge in [-0.1, -0.05) is 24.3 Å². The Labute approximate surface area is 173 Å². The number of hydrogen-bond acceptors (Lipinski definition) is 4. The standard InChI is InChI=1S/C21H20FN3O2S2/c1-13-7-8-14(11-17(13)22)21(24)16-12-15(9-10-18(16)23)25-29(27)20-6-4-3-5-19(20)28(2)26/h3-12,24-25H,23H2,1-2H3. The van der Waals surface area contributed by atoms with E-state index in [-0.39, 0.29) is 5.71 Å². The van der Waals surface area contributed by atoms with E-state index >= 15 is 0 Å². The third-order valence-corrected chi connectivity index (χ3v) is 6.63. The Balaban J connectivity index is 1.91. The summed E-state index contributed by atoms with van der Waals surface area (Å²) in [4.78, 5) is 0.902. The van der Waals surface area contributed by atoms with Gasteiger partial charge >= 0.3 is 0 Å². The number of benzene rings is 3. The van der Waals surface area contributed by atoms with Crippen LogP contribution in [0, 0.1) is 18.2 Å². The molecule has 150 valence electrons. The molecule has 5 nitrogen and oxygen atoms in total. The Bertz CT molecular complexity index is 1150. The smallest absolute Gasteiger partial charge is 0.151 e. The quantitative estimate of drug-likeness (QED) is 0.408. The maximum atomic E-state index is 13.9. The number of hydrogen-bond donors (Lipinski definition) is 3. The predicted octanol–water partition coefficient (Wildman–Crippen LogP) is 4.00. The van der Waals surface area contributed by atoms with Crippen LogP contribution in [0.15, 0.2) is 70.5 Å². The molecule has 0 heterocycles. The van der Waals surface area contributed by atoms with Crippen LogP contribution >= 0.6 is 0 Å². The zero-order valence-corrected chi connectivity index (χ0v) is 17.5. The van der Waals surface area contributed by atoms with Gasteiger partial charge in [-0.25, -0.2) is 8.60 Å². The molecule has 2 unspecified atom stereocenters. The van der Waals surface area contributed by atoms with E-state index in [0.717, 1.165) is 0 Å². The molecule has 0 fully saturated rings. The molecule has 0 bridgehead atoms. The van der Waals surface area contributed by atoms with Crippen molar-refractivity contribution in [1.82, 2.24) is 0 Å². The second kappa shape index (κ2) is 8.67. The van der Waals surface area contributed by atoms with Crippen molar-refractivity contribution in [2.24, 2.45) is 0 Å². The van der Waals surface area contributed by atoms with Gasteiger partial charge in [0.2, 0.25) is 0 Å². The van der Waals surface area contributed by atoms with Crippen molar-refractivity contribution in [3.8, 4) is 0 Å². The zero-order chi connectivity index (χ0) is 21.1. The Hall–Kier alpha value is -2.84. The number of aryl methyl sites for hydroxylation is 1. The highest BCUT2D eigenvalue weighted by atomic mass is 32.2. The van der Waals surface area contributed by atoms with E-state index in [1.807, 2.05) is 0 Å². The van der Waals surface area contributed by atoms with Gasteiger partial charge in [-0.2, -0.15) is 0 Å². The van der Waals surface area contributed by atoms with Crippen LogP contribution in [0.25, 0.3) is 0 Å². The summed E-state index contributed by atoms with van der Waals surface area (Å²) in [6, 6.07) is 16.2. The summed E-state index contributed by atoms with van der Waals surface area (Å²) < 4.78 is 41.4. The lowest BCUT2D eigenvalue weighted by Gasteiger charge is -2.13. The van der Waals surface area contributed by atoms with E-state index in [9.17, 15) is 12.8 Å². The van der Waals surface area contributed by atoms with Crippen molar-refractivity contribution >= 4 is 38.9 Å². The van der Waals surface area contributed by atoms with Crippen molar-refractivity contribution in [3.63, 3.8) is 0 Å². The average Bonchev–Trinajstić information content (AvgIpc) is 2.70. The summed E-state index contributed by atoms with van der Waals surface area (Å²) in [6.07, 6.45) is 1.53. The maximum absolute atomic E-state index is 13.9. The molecule has 0 radical (unpaired) electrons. The number of nitrogens with two attached hydrogens (primary N) is 1. The Morgan fingerprint density at radius 1 is 1.03 bits per heavy atom. The normalized spacial score (nSPS) is 12.9. The second-order valence-corrected chi connectivity index (χ2v) is 8.94. The molecule has 29 heavy (non-hydrogen) atoms. The molecule has 0 aromatic heterocycles. The number of anilines is 2. The lowest BCUT2D eigenvalue weighted by Crippen LogP contribution is -2.10. The van der Waals surface area contributed by atoms with Crippen LogP contribution in [0.4, 0.5) is 15.8 Å². The fourth-order valence-electron chi connectivity index (χ4n) is 2.74. The third-order valence-electron chi connectivity index (χ3n) is 4.35. The summed E-state index contributed by atoms with van der Waals surface area (Å²) in [6.45, 7) is 1.65. The minimum Gasteiger partial charge on any atom is -0.398 e. The molecule has 0 amide bonds. The van der Waals surface area contributed by atoms with Gasteiger partial charge in [0, 0.05) is 28.8 Å². The van der Waals surface area contributed by atoms with Gasteiger partial charge in [-0.15, -0.1) is 0 Å². The lowest BCUT2D eigenvalue weighted by molar-refractivity contribution is 0.618. The van der Waals surface area contributed by atoms with Crippen LogP contribution in [0.3, 0.4) is 0 Å². The van der Waals surface area contributed by atoms with Gasteiger partial charge in [0.1, 0.15) is 5.82 Å². The predicted molar refractivity (Wildman–Crippen MR) is 117 cm³/mol. The van der Waals surface area contributed by atoms with Crippen molar-refractivity contribution in [2.45, 2.75) is 16.7 Å². The molecule has 0 aliphatic rings. The van der Waals surface area contributed by atoms with E-state index < -0.39 is 27.6 Å². The Kier molecular flexibility index (Phi) is 6.24. The highest BCUT2D eigenvalue weighted by molar-refractivity contribution is 7.88. The molecule has 3 aromatic rings. The first kappa shape index (κ1) is 20.9. The molecular weight excluding hydrogens is 409 g/mol. The van der Waals surface area contributed by atoms with Gasteiger partial charge in [0.15, 0.2) is 11.0 Å². The zero-order valence-electron chi connectivity index (χ0n) is 15.9. The lowest BCUT2D eigenvalue weighted by atomic mass is 9.99. The van der Waals surface area contributed by atoms with Gasteiger partial charge in [-0.3, -0.25) is 9.62 Å². The van der Waals surface area contributed by atoms with Gasteiger partial charge in [0.25, 0.3) is 0 Å². The third kappa shape index (κ3) is 4.60. The van der Waals surface area contributed by atoms with E-state index in [2.05, 4.69) is 4.72 Å². The fourth-order valence-corrected chi connectivity index (χ4v) is 4.85. The molecule has 0 spiro atoms. The summed E-state index contributed by atoms with van der Waals surface area (Å²) >= 11 is 0. The van der Waals surface area contributed by atoms with Crippen molar-refractivity contribution in [1.29, 1.82) is 5.41 Å². The number of nitrogen functional groups attached to an aromatic ring is 1. The first-order valence-electron chi connectivity index (χ1n) is 8.64. The molecule has 8 heteroatoms. The molecule has 0 saturated carbocycles. The molecule has 4 N–H and O–H groups in total. The van der Waals surface area contributed by atoms with Crippen LogP contribution < -0.4 is 10.5 Å².